The molecule has 20 heavy (non-hydrogen) atoms. The molecule has 0 saturated heterocycles. The fraction of sp³-hybridized carbons (Fsp3) is 0.647. The fourth-order valence-corrected chi connectivity index (χ4v) is 2.39. The van der Waals surface area contributed by atoms with Crippen LogP contribution in [-0.4, -0.2) is 30.8 Å². The van der Waals surface area contributed by atoms with Gasteiger partial charge < -0.3 is 15.3 Å². The first-order chi connectivity index (χ1) is 9.19. The quantitative estimate of drug-likeness (QED) is 0.805. The van der Waals surface area contributed by atoms with Crippen molar-refractivity contribution in [1.82, 2.24) is 5.32 Å². The van der Waals surface area contributed by atoms with Gasteiger partial charge in [0.1, 0.15) is 0 Å². The van der Waals surface area contributed by atoms with Gasteiger partial charge in [-0.1, -0.05) is 31.5 Å². The molecule has 0 radical (unpaired) electrons. The second-order valence-electron chi connectivity index (χ2n) is 6.83. The molecule has 0 fully saturated rings. The van der Waals surface area contributed by atoms with Gasteiger partial charge in [0.15, 0.2) is 0 Å². The van der Waals surface area contributed by atoms with Gasteiger partial charge in [0.25, 0.3) is 0 Å². The largest absolute Gasteiger partial charge is 0.389 e. The maximum atomic E-state index is 9.99. The Kier molecular flexibility index (Phi) is 6.03. The summed E-state index contributed by atoms with van der Waals surface area (Å²) in [6, 6.07) is 6.50. The highest BCUT2D eigenvalue weighted by atomic mass is 16.3. The Hall–Kier alpha value is -1.06. The molecule has 1 rings (SSSR count). The van der Waals surface area contributed by atoms with E-state index in [9.17, 15) is 5.11 Å². The molecule has 0 aromatic heterocycles. The molecule has 0 aliphatic heterocycles. The standard InChI is InChI=1S/C17H30N2O/c1-13(2)10-18-11-15-9-14(3)7-8-16(15)19(6)12-17(4,5)20/h7-9,13,18,20H,10-12H2,1-6H3. The van der Waals surface area contributed by atoms with Crippen molar-refractivity contribution in [2.24, 2.45) is 5.92 Å². The number of hydrogen-bond acceptors (Lipinski definition) is 3. The number of rotatable bonds is 7. The zero-order chi connectivity index (χ0) is 15.3. The normalized spacial score (nSPS) is 12.0. The molecule has 0 saturated carbocycles. The lowest BCUT2D eigenvalue weighted by atomic mass is 10.1. The molecule has 0 atom stereocenters. The van der Waals surface area contributed by atoms with Gasteiger partial charge in [-0.25, -0.2) is 0 Å². The maximum absolute atomic E-state index is 9.99. The van der Waals surface area contributed by atoms with Crippen molar-refractivity contribution in [2.45, 2.75) is 46.8 Å². The first kappa shape index (κ1) is 17.0. The zero-order valence-corrected chi connectivity index (χ0v) is 13.8. The molecular formula is C17H30N2O. The van der Waals surface area contributed by atoms with Crippen LogP contribution in [0.15, 0.2) is 18.2 Å². The lowest BCUT2D eigenvalue weighted by Crippen LogP contribution is -2.37. The van der Waals surface area contributed by atoms with Crippen LogP contribution in [0.2, 0.25) is 0 Å². The third kappa shape index (κ3) is 5.93. The smallest absolute Gasteiger partial charge is 0.0765 e. The highest BCUT2D eigenvalue weighted by Gasteiger charge is 2.17. The lowest BCUT2D eigenvalue weighted by Gasteiger charge is -2.29. The Morgan fingerprint density at radius 2 is 1.95 bits per heavy atom. The molecule has 0 aliphatic carbocycles. The molecule has 1 aromatic rings. The number of aryl methyl sites for hydroxylation is 1. The van der Waals surface area contributed by atoms with E-state index in [0.29, 0.717) is 12.5 Å². The minimum absolute atomic E-state index is 0.618. The van der Waals surface area contributed by atoms with E-state index >= 15 is 0 Å². The van der Waals surface area contributed by atoms with Crippen LogP contribution in [0.3, 0.4) is 0 Å². The van der Waals surface area contributed by atoms with Crippen molar-refractivity contribution < 1.29 is 5.11 Å². The molecule has 0 bridgehead atoms. The lowest BCUT2D eigenvalue weighted by molar-refractivity contribution is 0.0886. The minimum Gasteiger partial charge on any atom is -0.389 e. The van der Waals surface area contributed by atoms with E-state index in [4.69, 9.17) is 0 Å². The van der Waals surface area contributed by atoms with Crippen LogP contribution in [0.25, 0.3) is 0 Å². The van der Waals surface area contributed by atoms with Crippen LogP contribution >= 0.6 is 0 Å². The number of likely N-dealkylation sites (N-methyl/N-ethyl adjacent to an activating group) is 1. The maximum Gasteiger partial charge on any atom is 0.0765 e. The van der Waals surface area contributed by atoms with Crippen LogP contribution in [0.4, 0.5) is 5.69 Å². The molecule has 0 amide bonds. The van der Waals surface area contributed by atoms with Gasteiger partial charge in [0.2, 0.25) is 0 Å². The Morgan fingerprint density at radius 3 is 2.50 bits per heavy atom. The molecule has 3 nitrogen and oxygen atoms in total. The summed E-state index contributed by atoms with van der Waals surface area (Å²) in [6.45, 7) is 12.7. The Morgan fingerprint density at radius 1 is 1.30 bits per heavy atom. The molecule has 0 spiro atoms. The van der Waals surface area contributed by atoms with Gasteiger partial charge in [-0.2, -0.15) is 0 Å². The first-order valence-corrected chi connectivity index (χ1v) is 7.43. The molecular weight excluding hydrogens is 248 g/mol. The topological polar surface area (TPSA) is 35.5 Å². The number of nitrogens with one attached hydrogen (secondary N) is 1. The number of hydrogen-bond donors (Lipinski definition) is 2. The van der Waals surface area contributed by atoms with Crippen LogP contribution in [0.1, 0.15) is 38.8 Å². The summed E-state index contributed by atoms with van der Waals surface area (Å²) in [6.07, 6.45) is 0. The predicted molar refractivity (Wildman–Crippen MR) is 87.3 cm³/mol. The van der Waals surface area contributed by atoms with Crippen molar-refractivity contribution in [3.8, 4) is 0 Å². The Balaban J connectivity index is 2.83. The van der Waals surface area contributed by atoms with Crippen LogP contribution in [0.5, 0.6) is 0 Å². The number of nitrogens with zero attached hydrogens (tertiary/aromatic N) is 1. The van der Waals surface area contributed by atoms with E-state index < -0.39 is 5.60 Å². The van der Waals surface area contributed by atoms with Crippen LogP contribution in [0, 0.1) is 12.8 Å². The molecule has 114 valence electrons. The molecule has 0 heterocycles. The molecule has 2 N–H and O–H groups in total. The highest BCUT2D eigenvalue weighted by Crippen LogP contribution is 2.22. The number of anilines is 1. The fourth-order valence-electron chi connectivity index (χ4n) is 2.39. The molecule has 0 unspecified atom stereocenters. The van der Waals surface area contributed by atoms with Crippen molar-refractivity contribution in [2.75, 3.05) is 25.0 Å². The molecule has 3 heteroatoms. The van der Waals surface area contributed by atoms with Crippen molar-refractivity contribution >= 4 is 5.69 Å². The summed E-state index contributed by atoms with van der Waals surface area (Å²) in [7, 11) is 2.04. The third-order valence-corrected chi connectivity index (χ3v) is 3.14. The third-order valence-electron chi connectivity index (χ3n) is 3.14. The number of aliphatic hydroxyl groups is 1. The monoisotopic (exact) mass is 278 g/mol. The van der Waals surface area contributed by atoms with E-state index in [2.05, 4.69) is 49.2 Å². The summed E-state index contributed by atoms with van der Waals surface area (Å²) in [5, 5.41) is 13.5. The Labute approximate surface area is 124 Å². The van der Waals surface area contributed by atoms with Gasteiger partial charge in [-0.3, -0.25) is 0 Å². The van der Waals surface area contributed by atoms with Gasteiger partial charge in [-0.15, -0.1) is 0 Å². The SMILES string of the molecule is Cc1ccc(N(C)CC(C)(C)O)c(CNCC(C)C)c1. The summed E-state index contributed by atoms with van der Waals surface area (Å²) in [4.78, 5) is 2.13. The van der Waals surface area contributed by atoms with Gasteiger partial charge in [-0.05, 0) is 44.9 Å². The average molecular weight is 278 g/mol. The summed E-state index contributed by atoms with van der Waals surface area (Å²) in [5.41, 5.74) is 3.06. The molecule has 0 aliphatic rings. The minimum atomic E-state index is -0.692. The predicted octanol–water partition coefficient (Wildman–Crippen LogP) is 2.95. The zero-order valence-electron chi connectivity index (χ0n) is 13.8. The van der Waals surface area contributed by atoms with Crippen molar-refractivity contribution in [1.29, 1.82) is 0 Å². The van der Waals surface area contributed by atoms with Crippen LogP contribution in [-0.2, 0) is 6.54 Å². The summed E-state index contributed by atoms with van der Waals surface area (Å²) >= 11 is 0. The van der Waals surface area contributed by atoms with E-state index in [1.807, 2.05) is 20.9 Å². The second-order valence-corrected chi connectivity index (χ2v) is 6.83. The van der Waals surface area contributed by atoms with Gasteiger partial charge >= 0.3 is 0 Å². The second kappa shape index (κ2) is 7.09. The average Bonchev–Trinajstić information content (AvgIpc) is 2.25. The van der Waals surface area contributed by atoms with E-state index in [1.54, 1.807) is 0 Å². The van der Waals surface area contributed by atoms with E-state index in [0.717, 1.165) is 13.1 Å². The van der Waals surface area contributed by atoms with E-state index in [-0.39, 0.29) is 0 Å². The van der Waals surface area contributed by atoms with Crippen LogP contribution < -0.4 is 10.2 Å². The van der Waals surface area contributed by atoms with Gasteiger partial charge in [0, 0.05) is 25.8 Å². The highest BCUT2D eigenvalue weighted by molar-refractivity contribution is 5.54. The molecule has 1 aromatic carbocycles. The Bertz CT molecular complexity index is 421. The van der Waals surface area contributed by atoms with Crippen molar-refractivity contribution in [3.05, 3.63) is 29.3 Å². The van der Waals surface area contributed by atoms with Crippen molar-refractivity contribution in [3.63, 3.8) is 0 Å². The van der Waals surface area contributed by atoms with E-state index in [1.165, 1.54) is 16.8 Å². The number of benzene rings is 1. The summed E-state index contributed by atoms with van der Waals surface area (Å²) in [5.74, 6) is 0.650. The first-order valence-electron chi connectivity index (χ1n) is 7.43. The van der Waals surface area contributed by atoms with Gasteiger partial charge in [0.05, 0.1) is 5.60 Å². The summed E-state index contributed by atoms with van der Waals surface area (Å²) < 4.78 is 0.